The van der Waals surface area contributed by atoms with E-state index in [-0.39, 0.29) is 17.8 Å². The summed E-state index contributed by atoms with van der Waals surface area (Å²) in [6.45, 7) is 1.94. The van der Waals surface area contributed by atoms with E-state index >= 15 is 0 Å². The summed E-state index contributed by atoms with van der Waals surface area (Å²) >= 11 is 6.56. The van der Waals surface area contributed by atoms with Crippen molar-refractivity contribution >= 4 is 40.3 Å². The third kappa shape index (κ3) is 3.21. The molecule has 3 rings (SSSR count). The first-order valence-corrected chi connectivity index (χ1v) is 8.37. The van der Waals surface area contributed by atoms with Crippen LogP contribution in [0.25, 0.3) is 6.08 Å². The molecule has 1 saturated heterocycles. The molecule has 1 unspecified atom stereocenters. The van der Waals surface area contributed by atoms with Gasteiger partial charge in [-0.15, -0.1) is 0 Å². The third-order valence-corrected chi connectivity index (χ3v) is 5.02. The van der Waals surface area contributed by atoms with Crippen LogP contribution in [0.5, 0.6) is 0 Å². The van der Waals surface area contributed by atoms with Gasteiger partial charge >= 0.3 is 0 Å². The molecule has 0 N–H and O–H groups in total. The van der Waals surface area contributed by atoms with E-state index in [1.54, 1.807) is 29.2 Å². The highest BCUT2D eigenvalue weighted by molar-refractivity contribution is 8.26. The maximum absolute atomic E-state index is 13.8. The van der Waals surface area contributed by atoms with Gasteiger partial charge in [0.25, 0.3) is 5.91 Å². The molecular formula is C18H14FNOS2. The molecule has 23 heavy (non-hydrogen) atoms. The Hall–Kier alpha value is -1.98. The average Bonchev–Trinajstić information content (AvgIpc) is 2.84. The summed E-state index contributed by atoms with van der Waals surface area (Å²) in [5.41, 5.74) is 1.40. The van der Waals surface area contributed by atoms with Gasteiger partial charge in [-0.2, -0.15) is 0 Å². The van der Waals surface area contributed by atoms with Gasteiger partial charge in [0.05, 0.1) is 10.9 Å². The van der Waals surface area contributed by atoms with Crippen LogP contribution >= 0.6 is 24.0 Å². The zero-order valence-electron chi connectivity index (χ0n) is 12.4. The second-order valence-electron chi connectivity index (χ2n) is 5.16. The molecule has 2 aromatic carbocycles. The SMILES string of the molecule is CC(c1ccccc1)N1C(=O)/C(=C/c2ccccc2F)SC1=S. The molecule has 1 aliphatic heterocycles. The summed E-state index contributed by atoms with van der Waals surface area (Å²) in [5.74, 6) is -0.534. The van der Waals surface area contributed by atoms with Gasteiger partial charge in [0, 0.05) is 5.56 Å². The molecule has 0 aliphatic carbocycles. The van der Waals surface area contributed by atoms with Crippen LogP contribution in [-0.2, 0) is 4.79 Å². The van der Waals surface area contributed by atoms with Crippen LogP contribution in [0.2, 0.25) is 0 Å². The van der Waals surface area contributed by atoms with E-state index in [1.165, 1.54) is 17.8 Å². The van der Waals surface area contributed by atoms with Crippen molar-refractivity contribution < 1.29 is 9.18 Å². The fraction of sp³-hybridized carbons (Fsp3) is 0.111. The molecule has 2 aromatic rings. The topological polar surface area (TPSA) is 20.3 Å². The van der Waals surface area contributed by atoms with Crippen molar-refractivity contribution in [3.63, 3.8) is 0 Å². The second kappa shape index (κ2) is 6.64. The third-order valence-electron chi connectivity index (χ3n) is 3.68. The van der Waals surface area contributed by atoms with E-state index in [2.05, 4.69) is 0 Å². The summed E-state index contributed by atoms with van der Waals surface area (Å²) in [5, 5.41) is 0. The number of thioether (sulfide) groups is 1. The number of thiocarbonyl (C=S) groups is 1. The zero-order chi connectivity index (χ0) is 16.4. The Morgan fingerprint density at radius 1 is 1.13 bits per heavy atom. The summed E-state index contributed by atoms with van der Waals surface area (Å²) in [6, 6.07) is 15.9. The number of hydrogen-bond donors (Lipinski definition) is 0. The Balaban J connectivity index is 1.90. The molecule has 0 aromatic heterocycles. The van der Waals surface area contributed by atoms with Gasteiger partial charge in [-0.3, -0.25) is 9.69 Å². The van der Waals surface area contributed by atoms with E-state index in [9.17, 15) is 9.18 Å². The van der Waals surface area contributed by atoms with Gasteiger partial charge in [-0.1, -0.05) is 72.5 Å². The zero-order valence-corrected chi connectivity index (χ0v) is 14.0. The van der Waals surface area contributed by atoms with Crippen molar-refractivity contribution in [2.75, 3.05) is 0 Å². The average molecular weight is 343 g/mol. The number of carbonyl (C=O) groups is 1. The van der Waals surface area contributed by atoms with E-state index in [1.807, 2.05) is 37.3 Å². The molecule has 1 aliphatic rings. The van der Waals surface area contributed by atoms with Crippen molar-refractivity contribution in [2.45, 2.75) is 13.0 Å². The largest absolute Gasteiger partial charge is 0.286 e. The molecule has 0 spiro atoms. The van der Waals surface area contributed by atoms with Crippen molar-refractivity contribution in [1.82, 2.24) is 4.90 Å². The monoisotopic (exact) mass is 343 g/mol. The summed E-state index contributed by atoms with van der Waals surface area (Å²) in [6.07, 6.45) is 1.56. The lowest BCUT2D eigenvalue weighted by Crippen LogP contribution is -2.30. The van der Waals surface area contributed by atoms with Crippen LogP contribution in [0, 0.1) is 5.82 Å². The summed E-state index contributed by atoms with van der Waals surface area (Å²) in [4.78, 5) is 14.7. The number of amides is 1. The van der Waals surface area contributed by atoms with Gasteiger partial charge in [0.2, 0.25) is 0 Å². The lowest BCUT2D eigenvalue weighted by molar-refractivity contribution is -0.123. The van der Waals surface area contributed by atoms with Crippen molar-refractivity contribution in [3.8, 4) is 0 Å². The van der Waals surface area contributed by atoms with E-state index in [4.69, 9.17) is 12.2 Å². The lowest BCUT2D eigenvalue weighted by atomic mass is 10.1. The molecule has 1 atom stereocenters. The number of benzene rings is 2. The van der Waals surface area contributed by atoms with Gasteiger partial charge in [-0.25, -0.2) is 4.39 Å². The Bertz CT molecular complexity index is 789. The van der Waals surface area contributed by atoms with Crippen LogP contribution in [0.4, 0.5) is 4.39 Å². The molecule has 116 valence electrons. The van der Waals surface area contributed by atoms with Gasteiger partial charge in [-0.05, 0) is 24.6 Å². The highest BCUT2D eigenvalue weighted by Crippen LogP contribution is 2.38. The van der Waals surface area contributed by atoms with Crippen LogP contribution < -0.4 is 0 Å². The van der Waals surface area contributed by atoms with Gasteiger partial charge in [0.1, 0.15) is 10.1 Å². The first-order valence-electron chi connectivity index (χ1n) is 7.14. The fourth-order valence-electron chi connectivity index (χ4n) is 2.43. The minimum Gasteiger partial charge on any atom is -0.286 e. The Morgan fingerprint density at radius 2 is 1.78 bits per heavy atom. The van der Waals surface area contributed by atoms with Crippen LogP contribution in [0.1, 0.15) is 24.1 Å². The standard InChI is InChI=1S/C18H14FNOS2/c1-12(13-7-3-2-4-8-13)20-17(21)16(23-18(20)22)11-14-9-5-6-10-15(14)19/h2-12H,1H3/b16-11-. The number of carbonyl (C=O) groups excluding carboxylic acids is 1. The first-order chi connectivity index (χ1) is 11.1. The minimum absolute atomic E-state index is 0.157. The molecule has 1 fully saturated rings. The van der Waals surface area contributed by atoms with Crippen LogP contribution in [-0.4, -0.2) is 15.1 Å². The van der Waals surface area contributed by atoms with Crippen molar-refractivity contribution in [1.29, 1.82) is 0 Å². The maximum atomic E-state index is 13.8. The van der Waals surface area contributed by atoms with Gasteiger partial charge in [0.15, 0.2) is 0 Å². The summed E-state index contributed by atoms with van der Waals surface area (Å²) in [7, 11) is 0. The predicted molar refractivity (Wildman–Crippen MR) is 96.3 cm³/mol. The highest BCUT2D eigenvalue weighted by Gasteiger charge is 2.35. The molecule has 1 amide bonds. The molecule has 0 saturated carbocycles. The lowest BCUT2D eigenvalue weighted by Gasteiger charge is -2.23. The predicted octanol–water partition coefficient (Wildman–Crippen LogP) is 4.79. The number of hydrogen-bond acceptors (Lipinski definition) is 3. The molecule has 2 nitrogen and oxygen atoms in total. The van der Waals surface area contributed by atoms with E-state index < -0.39 is 0 Å². The van der Waals surface area contributed by atoms with Gasteiger partial charge < -0.3 is 0 Å². The fourth-order valence-corrected chi connectivity index (χ4v) is 3.84. The number of rotatable bonds is 3. The normalized spacial score (nSPS) is 17.8. The summed E-state index contributed by atoms with van der Waals surface area (Å²) < 4.78 is 14.3. The molecule has 5 heteroatoms. The molecule has 0 bridgehead atoms. The molecule has 0 radical (unpaired) electrons. The van der Waals surface area contributed by atoms with Crippen molar-refractivity contribution in [2.24, 2.45) is 0 Å². The maximum Gasteiger partial charge on any atom is 0.266 e. The highest BCUT2D eigenvalue weighted by atomic mass is 32.2. The van der Waals surface area contributed by atoms with Crippen molar-refractivity contribution in [3.05, 3.63) is 76.4 Å². The quantitative estimate of drug-likeness (QED) is 0.590. The first kappa shape index (κ1) is 15.9. The van der Waals surface area contributed by atoms with E-state index in [0.29, 0.717) is 14.8 Å². The Labute approximate surface area is 144 Å². The van der Waals surface area contributed by atoms with Crippen LogP contribution in [0.15, 0.2) is 59.5 Å². The van der Waals surface area contributed by atoms with Crippen LogP contribution in [0.3, 0.4) is 0 Å². The molecule has 1 heterocycles. The Kier molecular flexibility index (Phi) is 4.59. The molecular weight excluding hydrogens is 329 g/mol. The van der Waals surface area contributed by atoms with E-state index in [0.717, 1.165) is 5.56 Å². The number of nitrogens with zero attached hydrogens (tertiary/aromatic N) is 1. The Morgan fingerprint density at radius 3 is 2.48 bits per heavy atom. The number of halogens is 1. The smallest absolute Gasteiger partial charge is 0.266 e. The minimum atomic E-state index is -0.353. The second-order valence-corrected chi connectivity index (χ2v) is 6.84.